The van der Waals surface area contributed by atoms with E-state index in [0.29, 0.717) is 23.9 Å². The number of rotatable bonds is 4. The van der Waals surface area contributed by atoms with E-state index in [4.69, 9.17) is 0 Å². The average molecular weight is 426 g/mol. The summed E-state index contributed by atoms with van der Waals surface area (Å²) in [5, 5.41) is 2.91. The van der Waals surface area contributed by atoms with Gasteiger partial charge in [0.25, 0.3) is 0 Å². The fourth-order valence-corrected chi connectivity index (χ4v) is 2.74. The highest BCUT2D eigenvalue weighted by atomic mass is 19.4. The van der Waals surface area contributed by atoms with E-state index in [9.17, 15) is 26.3 Å². The van der Waals surface area contributed by atoms with E-state index < -0.39 is 29.0 Å². The van der Waals surface area contributed by atoms with E-state index in [0.717, 1.165) is 12.0 Å². The minimum absolute atomic E-state index is 0.142. The highest BCUT2D eigenvalue weighted by Gasteiger charge is 2.37. The molecule has 158 valence electrons. The summed E-state index contributed by atoms with van der Waals surface area (Å²) in [6.45, 7) is 0. The van der Waals surface area contributed by atoms with Gasteiger partial charge in [-0.2, -0.15) is 26.3 Å². The maximum absolute atomic E-state index is 13.4. The van der Waals surface area contributed by atoms with E-state index in [2.05, 4.69) is 15.3 Å². The summed E-state index contributed by atoms with van der Waals surface area (Å²) in [5.74, 6) is 0.142. The maximum atomic E-state index is 13.4. The van der Waals surface area contributed by atoms with E-state index in [-0.39, 0.29) is 11.5 Å². The van der Waals surface area contributed by atoms with Gasteiger partial charge in [-0.15, -0.1) is 0 Å². The van der Waals surface area contributed by atoms with Crippen LogP contribution in [0.2, 0.25) is 0 Å². The minimum atomic E-state index is -4.85. The molecule has 0 saturated carbocycles. The molecule has 0 aliphatic heterocycles. The predicted octanol–water partition coefficient (Wildman–Crippen LogP) is 5.99. The van der Waals surface area contributed by atoms with Crippen molar-refractivity contribution >= 4 is 17.2 Å². The monoisotopic (exact) mass is 426 g/mol. The van der Waals surface area contributed by atoms with Crippen LogP contribution in [0.1, 0.15) is 11.1 Å². The molecule has 0 saturated heterocycles. The summed E-state index contributed by atoms with van der Waals surface area (Å²) in [5.41, 5.74) is -1.83. The van der Waals surface area contributed by atoms with E-state index in [1.54, 1.807) is 12.1 Å². The lowest BCUT2D eigenvalue weighted by Crippen LogP contribution is -2.11. The van der Waals surface area contributed by atoms with E-state index in [1.165, 1.54) is 6.07 Å². The van der Waals surface area contributed by atoms with Crippen molar-refractivity contribution in [2.75, 3.05) is 24.3 Å². The molecule has 3 rings (SSSR count). The predicted molar refractivity (Wildman–Crippen MR) is 102 cm³/mol. The van der Waals surface area contributed by atoms with Crippen molar-refractivity contribution in [3.8, 4) is 11.3 Å². The second-order valence-electron chi connectivity index (χ2n) is 6.61. The van der Waals surface area contributed by atoms with Gasteiger partial charge in [0, 0.05) is 37.1 Å². The zero-order valence-electron chi connectivity index (χ0n) is 15.8. The van der Waals surface area contributed by atoms with Gasteiger partial charge in [-0.3, -0.25) is 0 Å². The number of hydrogen-bond acceptors (Lipinski definition) is 4. The molecule has 30 heavy (non-hydrogen) atoms. The van der Waals surface area contributed by atoms with Crippen molar-refractivity contribution in [2.24, 2.45) is 0 Å². The Morgan fingerprint density at radius 2 is 1.47 bits per heavy atom. The van der Waals surface area contributed by atoms with Gasteiger partial charge >= 0.3 is 12.4 Å². The second kappa shape index (κ2) is 7.85. The highest BCUT2D eigenvalue weighted by Crippen LogP contribution is 2.40. The molecule has 0 fully saturated rings. The van der Waals surface area contributed by atoms with Crippen molar-refractivity contribution in [2.45, 2.75) is 12.4 Å². The van der Waals surface area contributed by atoms with Gasteiger partial charge in [0.1, 0.15) is 12.1 Å². The average Bonchev–Trinajstić information content (AvgIpc) is 2.67. The van der Waals surface area contributed by atoms with Gasteiger partial charge in [-0.1, -0.05) is 0 Å². The third kappa shape index (κ3) is 4.81. The molecule has 1 heterocycles. The van der Waals surface area contributed by atoms with Crippen LogP contribution in [0.15, 0.2) is 54.9 Å². The number of nitrogens with one attached hydrogen (secondary N) is 1. The van der Waals surface area contributed by atoms with Crippen LogP contribution in [0.4, 0.5) is 43.5 Å². The van der Waals surface area contributed by atoms with Crippen LogP contribution in [-0.4, -0.2) is 24.1 Å². The van der Waals surface area contributed by atoms with Crippen LogP contribution < -0.4 is 10.2 Å². The Morgan fingerprint density at radius 3 is 2.03 bits per heavy atom. The zero-order valence-corrected chi connectivity index (χ0v) is 15.8. The standard InChI is InChI=1S/C20H16F6N4/c1-30(2)14-6-4-13(5-7-14)29-18-10-17(27-11-28-18)15-9-12(19(21,22)23)3-8-16(15)20(24,25)26/h3-11H,1-2H3,(H,27,28,29). The number of halogens is 6. The summed E-state index contributed by atoms with van der Waals surface area (Å²) in [7, 11) is 3.73. The maximum Gasteiger partial charge on any atom is 0.417 e. The Morgan fingerprint density at radius 1 is 0.800 bits per heavy atom. The molecule has 10 heteroatoms. The quantitative estimate of drug-likeness (QED) is 0.521. The van der Waals surface area contributed by atoms with Crippen LogP contribution >= 0.6 is 0 Å². The summed E-state index contributed by atoms with van der Waals surface area (Å²) < 4.78 is 79.2. The van der Waals surface area contributed by atoms with Crippen LogP contribution in [-0.2, 0) is 12.4 Å². The molecule has 0 bridgehead atoms. The first kappa shape index (κ1) is 21.4. The van der Waals surface area contributed by atoms with Gasteiger partial charge < -0.3 is 10.2 Å². The zero-order chi connectivity index (χ0) is 22.1. The largest absolute Gasteiger partial charge is 0.417 e. The molecule has 3 aromatic rings. The molecular weight excluding hydrogens is 410 g/mol. The third-order valence-electron chi connectivity index (χ3n) is 4.25. The molecule has 0 amide bonds. The summed E-state index contributed by atoms with van der Waals surface area (Å²) in [6, 6.07) is 9.54. The lowest BCUT2D eigenvalue weighted by molar-refractivity contribution is -0.141. The highest BCUT2D eigenvalue weighted by molar-refractivity contribution is 5.70. The normalized spacial score (nSPS) is 12.0. The number of aromatic nitrogens is 2. The number of anilines is 3. The molecule has 1 aromatic heterocycles. The van der Waals surface area contributed by atoms with Gasteiger partial charge in [0.05, 0.1) is 16.8 Å². The number of hydrogen-bond donors (Lipinski definition) is 1. The van der Waals surface area contributed by atoms with E-state index >= 15 is 0 Å². The molecule has 1 N–H and O–H groups in total. The molecule has 4 nitrogen and oxygen atoms in total. The molecule has 0 aliphatic carbocycles. The molecule has 0 atom stereocenters. The van der Waals surface area contributed by atoms with Crippen molar-refractivity contribution in [1.82, 2.24) is 9.97 Å². The minimum Gasteiger partial charge on any atom is -0.378 e. The van der Waals surface area contributed by atoms with Crippen LogP contribution in [0, 0.1) is 0 Å². The third-order valence-corrected chi connectivity index (χ3v) is 4.25. The smallest absolute Gasteiger partial charge is 0.378 e. The Balaban J connectivity index is 2.00. The number of alkyl halides is 6. The molecule has 0 aliphatic rings. The van der Waals surface area contributed by atoms with E-state index in [1.807, 2.05) is 31.1 Å². The molecular formula is C20H16F6N4. The van der Waals surface area contributed by atoms with Gasteiger partial charge in [0.2, 0.25) is 0 Å². The van der Waals surface area contributed by atoms with Crippen LogP contribution in [0.25, 0.3) is 11.3 Å². The Hall–Kier alpha value is -3.30. The number of nitrogens with zero attached hydrogens (tertiary/aromatic N) is 3. The second-order valence-corrected chi connectivity index (χ2v) is 6.61. The fourth-order valence-electron chi connectivity index (χ4n) is 2.74. The first-order chi connectivity index (χ1) is 13.9. The van der Waals surface area contributed by atoms with Gasteiger partial charge in [-0.05, 0) is 42.5 Å². The topological polar surface area (TPSA) is 41.0 Å². The molecule has 0 unspecified atom stereocenters. The van der Waals surface area contributed by atoms with Crippen molar-refractivity contribution in [1.29, 1.82) is 0 Å². The van der Waals surface area contributed by atoms with Crippen molar-refractivity contribution in [3.63, 3.8) is 0 Å². The van der Waals surface area contributed by atoms with Gasteiger partial charge in [-0.25, -0.2) is 9.97 Å². The van der Waals surface area contributed by atoms with Crippen molar-refractivity contribution in [3.05, 3.63) is 66.0 Å². The fraction of sp³-hybridized carbons (Fsp3) is 0.200. The molecule has 2 aromatic carbocycles. The Labute approximate surface area is 168 Å². The summed E-state index contributed by atoms with van der Waals surface area (Å²) in [4.78, 5) is 9.59. The molecule has 0 spiro atoms. The molecule has 0 radical (unpaired) electrons. The lowest BCUT2D eigenvalue weighted by Gasteiger charge is -2.16. The summed E-state index contributed by atoms with van der Waals surface area (Å²) in [6.07, 6.45) is -8.65. The van der Waals surface area contributed by atoms with Crippen LogP contribution in [0.5, 0.6) is 0 Å². The van der Waals surface area contributed by atoms with Crippen LogP contribution in [0.3, 0.4) is 0 Å². The first-order valence-corrected chi connectivity index (χ1v) is 8.60. The Kier molecular flexibility index (Phi) is 5.60. The SMILES string of the molecule is CN(C)c1ccc(Nc2cc(-c3cc(C(F)(F)F)ccc3C(F)(F)F)ncn2)cc1. The first-order valence-electron chi connectivity index (χ1n) is 8.60. The van der Waals surface area contributed by atoms with Crippen molar-refractivity contribution < 1.29 is 26.3 Å². The Bertz CT molecular complexity index is 1030. The summed E-state index contributed by atoms with van der Waals surface area (Å²) >= 11 is 0. The number of benzene rings is 2. The van der Waals surface area contributed by atoms with Gasteiger partial charge in [0.15, 0.2) is 0 Å². The lowest BCUT2D eigenvalue weighted by atomic mass is 10.00.